The van der Waals surface area contributed by atoms with Crippen LogP contribution in [0, 0.1) is 0 Å². The zero-order chi connectivity index (χ0) is 20.4. The molecule has 2 amide bonds. The van der Waals surface area contributed by atoms with Crippen molar-refractivity contribution in [3.63, 3.8) is 0 Å². The summed E-state index contributed by atoms with van der Waals surface area (Å²) in [5.74, 6) is 0.590. The number of hydrogen-bond acceptors (Lipinski definition) is 5. The molecule has 0 fully saturated rings. The van der Waals surface area contributed by atoms with Crippen LogP contribution >= 0.6 is 15.9 Å². The lowest BCUT2D eigenvalue weighted by Gasteiger charge is -2.07. The molecule has 2 N–H and O–H groups in total. The number of rotatable bonds is 9. The molecule has 0 aliphatic carbocycles. The molecule has 0 bridgehead atoms. The monoisotopic (exact) mass is 447 g/mol. The van der Waals surface area contributed by atoms with Crippen LogP contribution < -0.4 is 20.2 Å². The number of nitrogens with zero attached hydrogens (tertiary/aromatic N) is 1. The molecule has 0 aliphatic rings. The molecule has 0 aliphatic heterocycles. The first-order valence-electron chi connectivity index (χ1n) is 8.70. The van der Waals surface area contributed by atoms with Gasteiger partial charge in [-0.1, -0.05) is 22.9 Å². The third-order valence-corrected chi connectivity index (χ3v) is 4.32. The van der Waals surface area contributed by atoms with Gasteiger partial charge in [-0.3, -0.25) is 9.59 Å². The van der Waals surface area contributed by atoms with Gasteiger partial charge >= 0.3 is 0 Å². The number of methoxy groups -OCH3 is 1. The summed E-state index contributed by atoms with van der Waals surface area (Å²) in [5.41, 5.74) is 3.56. The zero-order valence-electron chi connectivity index (χ0n) is 15.7. The smallest absolute Gasteiger partial charge is 0.259 e. The summed E-state index contributed by atoms with van der Waals surface area (Å²) < 4.78 is 11.4. The number of carbonyl (C=O) groups is 2. The van der Waals surface area contributed by atoms with Crippen molar-refractivity contribution < 1.29 is 19.1 Å². The van der Waals surface area contributed by atoms with Crippen LogP contribution in [0.25, 0.3) is 0 Å². The van der Waals surface area contributed by atoms with Crippen LogP contribution in [0.15, 0.2) is 52.0 Å². The second kappa shape index (κ2) is 11.1. The van der Waals surface area contributed by atoms with E-state index in [1.807, 2.05) is 13.0 Å². The summed E-state index contributed by atoms with van der Waals surface area (Å²) in [6, 6.07) is 12.1. The molecule has 0 saturated heterocycles. The van der Waals surface area contributed by atoms with Gasteiger partial charge in [-0.05, 0) is 48.9 Å². The molecule has 0 saturated carbocycles. The number of benzene rings is 2. The third kappa shape index (κ3) is 6.70. The molecule has 28 heavy (non-hydrogen) atoms. The maximum atomic E-state index is 12.1. The second-order valence-corrected chi connectivity index (χ2v) is 6.59. The normalized spacial score (nSPS) is 10.5. The topological polar surface area (TPSA) is 89.0 Å². The van der Waals surface area contributed by atoms with Crippen LogP contribution in [0.4, 0.5) is 0 Å². The number of nitrogens with one attached hydrogen (secondary N) is 2. The maximum Gasteiger partial charge on any atom is 0.259 e. The van der Waals surface area contributed by atoms with Crippen molar-refractivity contribution in [1.29, 1.82) is 0 Å². The Morgan fingerprint density at radius 2 is 1.86 bits per heavy atom. The average Bonchev–Trinajstić information content (AvgIpc) is 2.72. The van der Waals surface area contributed by atoms with E-state index in [2.05, 4.69) is 31.8 Å². The lowest BCUT2D eigenvalue weighted by molar-refractivity contribution is -0.120. The van der Waals surface area contributed by atoms with Crippen molar-refractivity contribution in [3.8, 4) is 11.5 Å². The molecule has 0 radical (unpaired) electrons. The van der Waals surface area contributed by atoms with E-state index in [-0.39, 0.29) is 12.5 Å². The van der Waals surface area contributed by atoms with Crippen molar-refractivity contribution in [3.05, 3.63) is 58.1 Å². The molecule has 8 heteroatoms. The first-order valence-corrected chi connectivity index (χ1v) is 9.49. The largest absolute Gasteiger partial charge is 0.497 e. The summed E-state index contributed by atoms with van der Waals surface area (Å²) in [7, 11) is 1.57. The number of amides is 2. The van der Waals surface area contributed by atoms with Gasteiger partial charge in [0.25, 0.3) is 11.8 Å². The summed E-state index contributed by atoms with van der Waals surface area (Å²) in [4.78, 5) is 23.9. The van der Waals surface area contributed by atoms with Crippen LogP contribution in [-0.4, -0.2) is 38.3 Å². The number of hydrazone groups is 1. The van der Waals surface area contributed by atoms with Crippen LogP contribution in [0.5, 0.6) is 11.5 Å². The molecular formula is C20H22BrN3O4. The van der Waals surface area contributed by atoms with E-state index in [0.717, 1.165) is 16.5 Å². The minimum Gasteiger partial charge on any atom is -0.497 e. The highest BCUT2D eigenvalue weighted by Gasteiger charge is 2.08. The highest BCUT2D eigenvalue weighted by atomic mass is 79.9. The predicted molar refractivity (Wildman–Crippen MR) is 111 cm³/mol. The molecule has 2 aromatic rings. The maximum absolute atomic E-state index is 12.1. The van der Waals surface area contributed by atoms with Gasteiger partial charge in [0.2, 0.25) is 0 Å². The standard InChI is InChI=1S/C20H22BrN3O4/c1-3-10-28-16-6-4-14(5-7-16)20(26)22-13-19(25)24-23-12-15-11-17(27-2)8-9-18(15)21/h4-9,11-12H,3,10,13H2,1-2H3,(H,22,26)(H,24,25). The van der Waals surface area contributed by atoms with E-state index in [1.54, 1.807) is 43.5 Å². The van der Waals surface area contributed by atoms with Gasteiger partial charge in [0, 0.05) is 15.6 Å². The molecule has 0 spiro atoms. The highest BCUT2D eigenvalue weighted by Crippen LogP contribution is 2.20. The Balaban J connectivity index is 1.81. The fraction of sp³-hybridized carbons (Fsp3) is 0.250. The Morgan fingerprint density at radius 3 is 2.54 bits per heavy atom. The lowest BCUT2D eigenvalue weighted by atomic mass is 10.2. The van der Waals surface area contributed by atoms with Gasteiger partial charge in [0.1, 0.15) is 11.5 Å². The summed E-state index contributed by atoms with van der Waals surface area (Å²) in [6.07, 6.45) is 2.40. The lowest BCUT2D eigenvalue weighted by Crippen LogP contribution is -2.34. The Bertz CT molecular complexity index is 838. The van der Waals surface area contributed by atoms with E-state index < -0.39 is 5.91 Å². The van der Waals surface area contributed by atoms with E-state index in [9.17, 15) is 9.59 Å². The minimum atomic E-state index is -0.438. The molecule has 2 aromatic carbocycles. The first-order chi connectivity index (χ1) is 13.5. The molecule has 0 aromatic heterocycles. The van der Waals surface area contributed by atoms with Gasteiger partial charge in [-0.2, -0.15) is 5.10 Å². The van der Waals surface area contributed by atoms with E-state index in [4.69, 9.17) is 9.47 Å². The SMILES string of the molecule is CCCOc1ccc(C(=O)NCC(=O)NN=Cc2cc(OC)ccc2Br)cc1. The van der Waals surface area contributed by atoms with Crippen LogP contribution in [0.2, 0.25) is 0 Å². The van der Waals surface area contributed by atoms with Gasteiger partial charge in [0.05, 0.1) is 26.5 Å². The Hall–Kier alpha value is -2.87. The van der Waals surface area contributed by atoms with E-state index in [1.165, 1.54) is 6.21 Å². The minimum absolute atomic E-state index is 0.191. The highest BCUT2D eigenvalue weighted by molar-refractivity contribution is 9.10. The van der Waals surface area contributed by atoms with Crippen molar-refractivity contribution >= 4 is 34.0 Å². The van der Waals surface area contributed by atoms with Gasteiger partial charge < -0.3 is 14.8 Å². The number of ether oxygens (including phenoxy) is 2. The third-order valence-electron chi connectivity index (χ3n) is 3.59. The second-order valence-electron chi connectivity index (χ2n) is 5.74. The zero-order valence-corrected chi connectivity index (χ0v) is 17.3. The average molecular weight is 448 g/mol. The molecule has 0 atom stereocenters. The fourth-order valence-electron chi connectivity index (χ4n) is 2.15. The van der Waals surface area contributed by atoms with Crippen LogP contribution in [0.3, 0.4) is 0 Å². The van der Waals surface area contributed by atoms with Crippen molar-refractivity contribution in [2.75, 3.05) is 20.3 Å². The first kappa shape index (κ1) is 21.4. The van der Waals surface area contributed by atoms with Crippen LogP contribution in [-0.2, 0) is 4.79 Å². The number of carbonyl (C=O) groups excluding carboxylic acids is 2. The Morgan fingerprint density at radius 1 is 1.14 bits per heavy atom. The van der Waals surface area contributed by atoms with Crippen molar-refractivity contribution in [2.24, 2.45) is 5.10 Å². The molecule has 0 unspecified atom stereocenters. The summed E-state index contributed by atoms with van der Waals surface area (Å²) in [5, 5.41) is 6.44. The molecule has 7 nitrogen and oxygen atoms in total. The summed E-state index contributed by atoms with van der Waals surface area (Å²) >= 11 is 3.40. The molecule has 148 valence electrons. The fourth-order valence-corrected chi connectivity index (χ4v) is 2.50. The number of hydrogen-bond donors (Lipinski definition) is 2. The van der Waals surface area contributed by atoms with Gasteiger partial charge in [-0.15, -0.1) is 0 Å². The molecule has 2 rings (SSSR count). The molecule has 0 heterocycles. The Labute approximate surface area is 172 Å². The Kier molecular flexibility index (Phi) is 8.48. The molecular weight excluding hydrogens is 426 g/mol. The van der Waals surface area contributed by atoms with E-state index in [0.29, 0.717) is 23.7 Å². The number of halogens is 1. The quantitative estimate of drug-likeness (QED) is 0.456. The van der Waals surface area contributed by atoms with E-state index >= 15 is 0 Å². The van der Waals surface area contributed by atoms with Crippen LogP contribution in [0.1, 0.15) is 29.3 Å². The van der Waals surface area contributed by atoms with Crippen molar-refractivity contribution in [2.45, 2.75) is 13.3 Å². The van der Waals surface area contributed by atoms with Crippen molar-refractivity contribution in [1.82, 2.24) is 10.7 Å². The predicted octanol–water partition coefficient (Wildman–Crippen LogP) is 3.13. The van der Waals surface area contributed by atoms with Gasteiger partial charge in [0.15, 0.2) is 0 Å². The summed E-state index contributed by atoms with van der Waals surface area (Å²) in [6.45, 7) is 2.45. The van der Waals surface area contributed by atoms with Gasteiger partial charge in [-0.25, -0.2) is 5.43 Å².